The van der Waals surface area contributed by atoms with Gasteiger partial charge in [0.1, 0.15) is 0 Å². The fraction of sp³-hybridized carbons (Fsp3) is 0.625. The summed E-state index contributed by atoms with van der Waals surface area (Å²) in [6, 6.07) is 9.26. The minimum Gasteiger partial charge on any atom is -0.317 e. The van der Waals surface area contributed by atoms with Crippen molar-refractivity contribution in [3.8, 4) is 0 Å². The van der Waals surface area contributed by atoms with Crippen LogP contribution in [0.3, 0.4) is 0 Å². The van der Waals surface area contributed by atoms with Gasteiger partial charge in [0.15, 0.2) is 0 Å². The Balaban J connectivity index is 1.90. The van der Waals surface area contributed by atoms with Gasteiger partial charge >= 0.3 is 0 Å². The molecule has 0 aromatic heterocycles. The van der Waals surface area contributed by atoms with Crippen LogP contribution in [0.15, 0.2) is 24.3 Å². The van der Waals surface area contributed by atoms with Crippen molar-refractivity contribution in [3.63, 3.8) is 0 Å². The van der Waals surface area contributed by atoms with E-state index >= 15 is 0 Å². The average Bonchev–Trinajstić information content (AvgIpc) is 2.29. The van der Waals surface area contributed by atoms with E-state index in [9.17, 15) is 0 Å². The smallest absolute Gasteiger partial charge is 0.00177 e. The van der Waals surface area contributed by atoms with Crippen LogP contribution in [0, 0.1) is 12.8 Å². The molecular weight excluding hydrogens is 206 g/mol. The summed E-state index contributed by atoms with van der Waals surface area (Å²) < 4.78 is 0. The van der Waals surface area contributed by atoms with E-state index in [0.29, 0.717) is 5.41 Å². The molecule has 1 heteroatoms. The first-order chi connectivity index (χ1) is 8.31. The molecule has 1 N–H and O–H groups in total. The molecule has 2 aliphatic rings. The summed E-state index contributed by atoms with van der Waals surface area (Å²) in [4.78, 5) is 0. The number of nitrogens with one attached hydrogen (secondary N) is 1. The second-order valence-electron chi connectivity index (χ2n) is 5.90. The monoisotopic (exact) mass is 229 g/mol. The van der Waals surface area contributed by atoms with Gasteiger partial charge in [-0.2, -0.15) is 0 Å². The first kappa shape index (κ1) is 11.3. The lowest BCUT2D eigenvalue weighted by Crippen LogP contribution is -2.46. The Morgan fingerprint density at radius 1 is 1.18 bits per heavy atom. The Bertz CT molecular complexity index is 386. The zero-order valence-corrected chi connectivity index (χ0v) is 10.8. The van der Waals surface area contributed by atoms with Crippen molar-refractivity contribution in [3.05, 3.63) is 35.4 Å². The van der Waals surface area contributed by atoms with Gasteiger partial charge in [0, 0.05) is 0 Å². The lowest BCUT2D eigenvalue weighted by molar-refractivity contribution is 0.116. The second-order valence-corrected chi connectivity index (χ2v) is 5.90. The minimum absolute atomic E-state index is 0.536. The van der Waals surface area contributed by atoms with Gasteiger partial charge in [0.2, 0.25) is 0 Å². The van der Waals surface area contributed by atoms with E-state index in [-0.39, 0.29) is 0 Å². The predicted octanol–water partition coefficient (Wildman–Crippen LogP) is 3.42. The quantitative estimate of drug-likeness (QED) is 0.819. The van der Waals surface area contributed by atoms with Crippen LogP contribution in [-0.2, 0) is 5.41 Å². The lowest BCUT2D eigenvalue weighted by Gasteiger charge is -2.50. The molecule has 1 aliphatic carbocycles. The molecule has 3 rings (SSSR count). The fourth-order valence-corrected chi connectivity index (χ4v) is 3.82. The molecule has 1 heterocycles. The molecule has 17 heavy (non-hydrogen) atoms. The van der Waals surface area contributed by atoms with Crippen molar-refractivity contribution >= 4 is 0 Å². The maximum Gasteiger partial charge on any atom is -0.00177 e. The molecule has 92 valence electrons. The van der Waals surface area contributed by atoms with E-state index in [1.165, 1.54) is 50.8 Å². The summed E-state index contributed by atoms with van der Waals surface area (Å²) in [7, 11) is 0. The highest BCUT2D eigenvalue weighted by Crippen LogP contribution is 2.52. The Labute approximate surface area is 105 Å². The number of hydrogen-bond acceptors (Lipinski definition) is 1. The predicted molar refractivity (Wildman–Crippen MR) is 72.3 cm³/mol. The first-order valence-electron chi connectivity index (χ1n) is 7.09. The van der Waals surface area contributed by atoms with Crippen LogP contribution in [0.4, 0.5) is 0 Å². The Morgan fingerprint density at radius 3 is 2.53 bits per heavy atom. The largest absolute Gasteiger partial charge is 0.317 e. The van der Waals surface area contributed by atoms with Crippen molar-refractivity contribution in [2.75, 3.05) is 13.1 Å². The third-order valence-corrected chi connectivity index (χ3v) is 4.96. The van der Waals surface area contributed by atoms with Gasteiger partial charge < -0.3 is 5.32 Å². The molecule has 1 aromatic rings. The second kappa shape index (κ2) is 4.45. The number of aryl methyl sites for hydroxylation is 1. The van der Waals surface area contributed by atoms with Crippen LogP contribution in [-0.4, -0.2) is 13.1 Å². The van der Waals surface area contributed by atoms with Crippen LogP contribution in [0.2, 0.25) is 0 Å². The summed E-state index contributed by atoms with van der Waals surface area (Å²) in [5, 5.41) is 3.50. The molecule has 1 nitrogen and oxygen atoms in total. The first-order valence-corrected chi connectivity index (χ1v) is 7.09. The van der Waals surface area contributed by atoms with Crippen molar-refractivity contribution in [2.45, 2.75) is 44.4 Å². The molecule has 0 unspecified atom stereocenters. The Morgan fingerprint density at radius 2 is 1.94 bits per heavy atom. The number of hydrogen-bond donors (Lipinski definition) is 1. The van der Waals surface area contributed by atoms with Crippen molar-refractivity contribution < 1.29 is 0 Å². The van der Waals surface area contributed by atoms with Crippen LogP contribution >= 0.6 is 0 Å². The Kier molecular flexibility index (Phi) is 2.96. The molecule has 1 saturated heterocycles. The average molecular weight is 229 g/mol. The highest BCUT2D eigenvalue weighted by Gasteiger charge is 2.45. The maximum atomic E-state index is 3.50. The molecule has 1 saturated carbocycles. The molecule has 0 radical (unpaired) electrons. The summed E-state index contributed by atoms with van der Waals surface area (Å²) in [5.41, 5.74) is 3.58. The molecule has 1 aliphatic heterocycles. The van der Waals surface area contributed by atoms with Gasteiger partial charge in [0.05, 0.1) is 0 Å². The summed E-state index contributed by atoms with van der Waals surface area (Å²) in [6.07, 6.45) is 7.00. The fourth-order valence-electron chi connectivity index (χ4n) is 3.82. The molecule has 0 atom stereocenters. The van der Waals surface area contributed by atoms with Gasteiger partial charge in [0.25, 0.3) is 0 Å². The minimum atomic E-state index is 0.536. The van der Waals surface area contributed by atoms with Crippen LogP contribution < -0.4 is 5.32 Å². The highest BCUT2D eigenvalue weighted by molar-refractivity contribution is 5.32. The Hall–Kier alpha value is -0.820. The summed E-state index contributed by atoms with van der Waals surface area (Å²) in [5.74, 6) is 0.916. The van der Waals surface area contributed by atoms with E-state index in [1.807, 2.05) is 0 Å². The SMILES string of the molecule is Cc1cccc(C2(C3CCNCC3)CCC2)c1. The standard InChI is InChI=1S/C16H23N/c1-13-4-2-5-15(12-13)16(8-3-9-16)14-6-10-17-11-7-14/h2,4-5,12,14,17H,3,6-11H2,1H3. The van der Waals surface area contributed by atoms with E-state index in [1.54, 1.807) is 5.56 Å². The zero-order valence-electron chi connectivity index (χ0n) is 10.8. The molecule has 0 amide bonds. The number of benzene rings is 1. The van der Waals surface area contributed by atoms with Gasteiger partial charge in [-0.1, -0.05) is 36.2 Å². The van der Waals surface area contributed by atoms with Crippen molar-refractivity contribution in [2.24, 2.45) is 5.92 Å². The van der Waals surface area contributed by atoms with Crippen molar-refractivity contribution in [1.29, 1.82) is 0 Å². The third kappa shape index (κ3) is 1.91. The summed E-state index contributed by atoms with van der Waals surface area (Å²) in [6.45, 7) is 4.66. The van der Waals surface area contributed by atoms with Gasteiger partial charge in [-0.25, -0.2) is 0 Å². The number of piperidine rings is 1. The van der Waals surface area contributed by atoms with E-state index in [0.717, 1.165) is 5.92 Å². The molecule has 1 aromatic carbocycles. The van der Waals surface area contributed by atoms with E-state index in [2.05, 4.69) is 36.5 Å². The van der Waals surface area contributed by atoms with Gasteiger partial charge in [-0.15, -0.1) is 0 Å². The van der Waals surface area contributed by atoms with Crippen LogP contribution in [0.25, 0.3) is 0 Å². The normalized spacial score (nSPS) is 24.3. The molecule has 0 bridgehead atoms. The van der Waals surface area contributed by atoms with E-state index < -0.39 is 0 Å². The highest BCUT2D eigenvalue weighted by atomic mass is 14.9. The van der Waals surface area contributed by atoms with Crippen molar-refractivity contribution in [1.82, 2.24) is 5.32 Å². The molecular formula is C16H23N. The number of rotatable bonds is 2. The van der Waals surface area contributed by atoms with Gasteiger partial charge in [-0.05, 0) is 62.6 Å². The third-order valence-electron chi connectivity index (χ3n) is 4.96. The maximum absolute atomic E-state index is 3.50. The topological polar surface area (TPSA) is 12.0 Å². The zero-order chi connectivity index (χ0) is 11.7. The van der Waals surface area contributed by atoms with E-state index in [4.69, 9.17) is 0 Å². The lowest BCUT2D eigenvalue weighted by atomic mass is 9.55. The molecule has 2 fully saturated rings. The molecule has 0 spiro atoms. The van der Waals surface area contributed by atoms with Crippen LogP contribution in [0.5, 0.6) is 0 Å². The summed E-state index contributed by atoms with van der Waals surface area (Å²) >= 11 is 0. The van der Waals surface area contributed by atoms with Crippen LogP contribution in [0.1, 0.15) is 43.2 Å². The van der Waals surface area contributed by atoms with Gasteiger partial charge in [-0.3, -0.25) is 0 Å².